The molecule has 5 N–H and O–H groups in total. The molecule has 0 aromatic heterocycles. The molecule has 0 heterocycles. The van der Waals surface area contributed by atoms with E-state index in [1.165, 1.54) is 0 Å². The van der Waals surface area contributed by atoms with Crippen LogP contribution in [-0.2, 0) is 0 Å². The number of nitrogens with two attached hydrogens (primary N) is 1. The van der Waals surface area contributed by atoms with Crippen LogP contribution in [0.25, 0.3) is 0 Å². The van der Waals surface area contributed by atoms with Gasteiger partial charge in [0.15, 0.2) is 0 Å². The first-order valence-corrected chi connectivity index (χ1v) is 2.29. The van der Waals surface area contributed by atoms with Crippen molar-refractivity contribution >= 4 is 11.9 Å². The molecule has 0 aromatic carbocycles. The summed E-state index contributed by atoms with van der Waals surface area (Å²) >= 11 is 3.64. The number of aliphatic hydroxyl groups excluding tert-OH is 2. The summed E-state index contributed by atoms with van der Waals surface area (Å²) in [5, 5.41) is 16.1. The number of hydrogen-bond donors (Lipinski definition) is 4. The molecule has 0 aliphatic heterocycles. The third kappa shape index (κ3) is 9.46. The van der Waals surface area contributed by atoms with Crippen LogP contribution in [0.15, 0.2) is 0 Å². The molecular weight excluding hydrogens is 133 g/mol. The van der Waals surface area contributed by atoms with Gasteiger partial charge in [-0.3, -0.25) is 4.66 Å². The van der Waals surface area contributed by atoms with Gasteiger partial charge in [0, 0.05) is 0 Å². The van der Waals surface area contributed by atoms with E-state index in [9.17, 15) is 0 Å². The Morgan fingerprint density at radius 1 is 1.25 bits per heavy atom. The highest BCUT2D eigenvalue weighted by atomic mass is 35.5. The van der Waals surface area contributed by atoms with Crippen molar-refractivity contribution in [1.29, 1.82) is 0 Å². The molecule has 0 fully saturated rings. The molecule has 4 nitrogen and oxygen atoms in total. The van der Waals surface area contributed by atoms with E-state index >= 15 is 0 Å². The molecule has 0 aliphatic carbocycles. The molecule has 0 atom stereocenters. The minimum atomic E-state index is -0.454. The van der Waals surface area contributed by atoms with Crippen LogP contribution in [-0.4, -0.2) is 34.1 Å². The Labute approximate surface area is 52.7 Å². The van der Waals surface area contributed by atoms with Crippen LogP contribution < -0.4 is 5.73 Å². The molecule has 52 valence electrons. The monoisotopic (exact) mass is 143 g/mol. The van der Waals surface area contributed by atoms with Crippen LogP contribution in [0.3, 0.4) is 0 Å². The second kappa shape index (κ2) is 10.2. The summed E-state index contributed by atoms with van der Waals surface area (Å²) in [5.74, 6) is 0. The van der Waals surface area contributed by atoms with Crippen molar-refractivity contribution in [3.05, 3.63) is 0 Å². The Kier molecular flexibility index (Phi) is 14.0. The fourth-order valence-corrected chi connectivity index (χ4v) is 0.0577. The van der Waals surface area contributed by atoms with Gasteiger partial charge in [-0.15, -0.1) is 0 Å². The van der Waals surface area contributed by atoms with Gasteiger partial charge in [-0.05, 0) is 0 Å². The molecule has 0 amide bonds. The maximum absolute atomic E-state index is 8.05. The fourth-order valence-electron chi connectivity index (χ4n) is 0.0577. The first-order chi connectivity index (χ1) is 3.81. The number of aliphatic hydroxyl groups is 2. The number of rotatable bonds is 2. The van der Waals surface area contributed by atoms with E-state index in [1.54, 1.807) is 0 Å². The van der Waals surface area contributed by atoms with Crippen molar-refractivity contribution in [3.8, 4) is 0 Å². The third-order valence-electron chi connectivity index (χ3n) is 0.469. The Morgan fingerprint density at radius 2 is 1.50 bits per heavy atom. The van der Waals surface area contributed by atoms with Crippen LogP contribution in [0.5, 0.6) is 0 Å². The summed E-state index contributed by atoms with van der Waals surface area (Å²) in [6.45, 7) is -0.285. The lowest BCUT2D eigenvalue weighted by atomic mass is 10.4. The highest BCUT2D eigenvalue weighted by molar-refractivity contribution is 6.04. The predicted octanol–water partition coefficient (Wildman–Crippen LogP) is -1.57. The summed E-state index contributed by atoms with van der Waals surface area (Å²) in [6, 6.07) is -0.454. The zero-order chi connectivity index (χ0) is 6.99. The molecule has 5 heteroatoms. The normalized spacial score (nSPS) is 8.25. The standard InChI is InChI=1S/C3H9NO2.ClHO/c4-3(1-5)2-6;1-2/h3,5-6H,1-2,4H2;2H. The first kappa shape index (κ1) is 11.0. The Bertz CT molecular complexity index is 33.7. The highest BCUT2D eigenvalue weighted by Crippen LogP contribution is 1.66. The van der Waals surface area contributed by atoms with Crippen molar-refractivity contribution in [2.24, 2.45) is 5.73 Å². The van der Waals surface area contributed by atoms with Crippen molar-refractivity contribution in [3.63, 3.8) is 0 Å². The van der Waals surface area contributed by atoms with Crippen LogP contribution >= 0.6 is 11.9 Å². The van der Waals surface area contributed by atoms with Gasteiger partial charge >= 0.3 is 0 Å². The molecule has 0 saturated carbocycles. The minimum absolute atomic E-state index is 0.142. The van der Waals surface area contributed by atoms with Gasteiger partial charge in [0.2, 0.25) is 0 Å². The molecule has 0 rings (SSSR count). The van der Waals surface area contributed by atoms with E-state index in [1.807, 2.05) is 0 Å². The molecule has 0 radical (unpaired) electrons. The summed E-state index contributed by atoms with van der Waals surface area (Å²) in [4.78, 5) is 0. The lowest BCUT2D eigenvalue weighted by molar-refractivity contribution is 0.194. The first-order valence-electron chi connectivity index (χ1n) is 1.95. The second-order valence-corrected chi connectivity index (χ2v) is 1.13. The summed E-state index contributed by atoms with van der Waals surface area (Å²) in [5.41, 5.74) is 4.97. The molecule has 0 unspecified atom stereocenters. The van der Waals surface area contributed by atoms with Crippen LogP contribution in [0.1, 0.15) is 0 Å². The SMILES string of the molecule is NC(CO)CO.OCl. The van der Waals surface area contributed by atoms with E-state index in [0.29, 0.717) is 0 Å². The maximum Gasteiger partial charge on any atom is 0.0605 e. The van der Waals surface area contributed by atoms with E-state index in [4.69, 9.17) is 20.6 Å². The Morgan fingerprint density at radius 3 is 1.50 bits per heavy atom. The van der Waals surface area contributed by atoms with Crippen LogP contribution in [0, 0.1) is 0 Å². The minimum Gasteiger partial charge on any atom is -0.395 e. The molecule has 0 bridgehead atoms. The molecule has 0 spiro atoms. The Hall–Kier alpha value is 0.130. The van der Waals surface area contributed by atoms with Gasteiger partial charge in [0.25, 0.3) is 0 Å². The van der Waals surface area contributed by atoms with Gasteiger partial charge in [-0.25, -0.2) is 0 Å². The predicted molar refractivity (Wildman–Crippen MR) is 30.2 cm³/mol. The van der Waals surface area contributed by atoms with E-state index in [2.05, 4.69) is 11.9 Å². The molecule has 0 aromatic rings. The van der Waals surface area contributed by atoms with Crippen LogP contribution in [0.2, 0.25) is 0 Å². The van der Waals surface area contributed by atoms with E-state index in [0.717, 1.165) is 0 Å². The maximum atomic E-state index is 8.05. The molecule has 0 saturated heterocycles. The van der Waals surface area contributed by atoms with Gasteiger partial charge < -0.3 is 15.9 Å². The summed E-state index contributed by atoms with van der Waals surface area (Å²) in [7, 11) is 0. The lowest BCUT2D eigenvalue weighted by Gasteiger charge is -1.98. The van der Waals surface area contributed by atoms with Gasteiger partial charge in [0.1, 0.15) is 0 Å². The number of hydrogen-bond acceptors (Lipinski definition) is 4. The third-order valence-corrected chi connectivity index (χ3v) is 0.469. The topological polar surface area (TPSA) is 86.7 Å². The van der Waals surface area contributed by atoms with Crippen molar-refractivity contribution in [2.45, 2.75) is 6.04 Å². The van der Waals surface area contributed by atoms with Gasteiger partial charge in [-0.2, -0.15) is 0 Å². The molecule has 0 aliphatic rings. The zero-order valence-electron chi connectivity index (χ0n) is 4.29. The van der Waals surface area contributed by atoms with Gasteiger partial charge in [0.05, 0.1) is 31.1 Å². The van der Waals surface area contributed by atoms with E-state index < -0.39 is 6.04 Å². The quantitative estimate of drug-likeness (QED) is 0.376. The van der Waals surface area contributed by atoms with Crippen molar-refractivity contribution < 1.29 is 14.9 Å². The average Bonchev–Trinajstić information content (AvgIpc) is 1.91. The molecule has 8 heavy (non-hydrogen) atoms. The summed E-state index contributed by atoms with van der Waals surface area (Å²) in [6.07, 6.45) is 0. The lowest BCUT2D eigenvalue weighted by Crippen LogP contribution is -2.27. The zero-order valence-corrected chi connectivity index (χ0v) is 5.04. The highest BCUT2D eigenvalue weighted by Gasteiger charge is 1.91. The van der Waals surface area contributed by atoms with Crippen LogP contribution in [0.4, 0.5) is 0 Å². The van der Waals surface area contributed by atoms with E-state index in [-0.39, 0.29) is 13.2 Å². The average molecular weight is 144 g/mol. The number of halogens is 1. The van der Waals surface area contributed by atoms with Crippen molar-refractivity contribution in [2.75, 3.05) is 13.2 Å². The second-order valence-electron chi connectivity index (χ2n) is 1.13. The van der Waals surface area contributed by atoms with Gasteiger partial charge in [-0.1, -0.05) is 0 Å². The smallest absolute Gasteiger partial charge is 0.0605 e. The Balaban J connectivity index is 0. The molecular formula is C3H10ClNO3. The summed E-state index contributed by atoms with van der Waals surface area (Å²) < 4.78 is 6.47. The fraction of sp³-hybridized carbons (Fsp3) is 1.00. The van der Waals surface area contributed by atoms with Crippen molar-refractivity contribution in [1.82, 2.24) is 0 Å². The largest absolute Gasteiger partial charge is 0.395 e.